The largest absolute Gasteiger partial charge is 0.353 e. The first-order valence-electron chi connectivity index (χ1n) is 8.69. The third-order valence-corrected chi connectivity index (χ3v) is 6.91. The summed E-state index contributed by atoms with van der Waals surface area (Å²) in [6, 6.07) is 0.400. The minimum absolute atomic E-state index is 0.325. The van der Waals surface area contributed by atoms with E-state index in [0.717, 1.165) is 37.3 Å². The van der Waals surface area contributed by atoms with Gasteiger partial charge in [0.1, 0.15) is 0 Å². The van der Waals surface area contributed by atoms with Gasteiger partial charge in [0, 0.05) is 12.0 Å². The van der Waals surface area contributed by atoms with Crippen LogP contribution in [0, 0.1) is 29.1 Å². The molecule has 112 valence electrons. The van der Waals surface area contributed by atoms with Crippen molar-refractivity contribution in [2.75, 3.05) is 13.1 Å². The Bertz CT molecular complexity index is 402. The van der Waals surface area contributed by atoms with Crippen molar-refractivity contribution >= 4 is 5.91 Å². The Morgan fingerprint density at radius 1 is 1.25 bits per heavy atom. The molecule has 1 saturated heterocycles. The second kappa shape index (κ2) is 4.72. The fourth-order valence-corrected chi connectivity index (χ4v) is 5.53. The lowest BCUT2D eigenvalue weighted by Crippen LogP contribution is -2.42. The van der Waals surface area contributed by atoms with Crippen molar-refractivity contribution in [3.63, 3.8) is 0 Å². The molecule has 4 rings (SSSR count). The summed E-state index contributed by atoms with van der Waals surface area (Å²) in [6.45, 7) is 4.46. The van der Waals surface area contributed by atoms with Gasteiger partial charge in [-0.15, -0.1) is 0 Å². The second-order valence-corrected chi connectivity index (χ2v) is 8.01. The van der Waals surface area contributed by atoms with Crippen molar-refractivity contribution < 1.29 is 4.79 Å². The van der Waals surface area contributed by atoms with Gasteiger partial charge < -0.3 is 10.6 Å². The molecule has 5 atom stereocenters. The van der Waals surface area contributed by atoms with Gasteiger partial charge in [0.25, 0.3) is 0 Å². The van der Waals surface area contributed by atoms with Gasteiger partial charge in [0.2, 0.25) is 5.91 Å². The monoisotopic (exact) mass is 276 g/mol. The number of carbonyl (C=O) groups is 1. The van der Waals surface area contributed by atoms with E-state index in [1.807, 2.05) is 0 Å². The number of rotatable bonds is 3. The zero-order valence-corrected chi connectivity index (χ0v) is 12.7. The molecule has 1 amide bonds. The quantitative estimate of drug-likeness (QED) is 0.830. The molecule has 0 aromatic carbocycles. The third-order valence-electron chi connectivity index (χ3n) is 6.91. The number of carbonyl (C=O) groups excluding carboxylic acids is 1. The van der Waals surface area contributed by atoms with Crippen LogP contribution in [0.5, 0.6) is 0 Å². The molecule has 2 bridgehead atoms. The molecule has 2 N–H and O–H groups in total. The minimum Gasteiger partial charge on any atom is -0.353 e. The van der Waals surface area contributed by atoms with Gasteiger partial charge in [-0.1, -0.05) is 6.42 Å². The van der Waals surface area contributed by atoms with Crippen molar-refractivity contribution in [1.29, 1.82) is 0 Å². The van der Waals surface area contributed by atoms with Crippen LogP contribution in [0.2, 0.25) is 0 Å². The molecule has 3 heteroatoms. The molecular weight excluding hydrogens is 248 g/mol. The first kappa shape index (κ1) is 13.1. The average molecular weight is 276 g/mol. The Morgan fingerprint density at radius 3 is 2.70 bits per heavy atom. The summed E-state index contributed by atoms with van der Waals surface area (Å²) in [4.78, 5) is 12.5. The van der Waals surface area contributed by atoms with E-state index in [1.54, 1.807) is 0 Å². The van der Waals surface area contributed by atoms with E-state index in [0.29, 0.717) is 23.3 Å². The minimum atomic E-state index is 0.325. The molecule has 3 nitrogen and oxygen atoms in total. The van der Waals surface area contributed by atoms with Gasteiger partial charge >= 0.3 is 0 Å². The van der Waals surface area contributed by atoms with E-state index < -0.39 is 0 Å². The van der Waals surface area contributed by atoms with Crippen LogP contribution < -0.4 is 10.6 Å². The number of hydrogen-bond donors (Lipinski definition) is 2. The van der Waals surface area contributed by atoms with Crippen molar-refractivity contribution in [3.05, 3.63) is 0 Å². The molecule has 3 aliphatic carbocycles. The Hall–Kier alpha value is -0.570. The molecule has 20 heavy (non-hydrogen) atoms. The van der Waals surface area contributed by atoms with Crippen LogP contribution in [-0.4, -0.2) is 25.0 Å². The molecule has 0 radical (unpaired) electrons. The van der Waals surface area contributed by atoms with Crippen LogP contribution in [0.4, 0.5) is 0 Å². The highest BCUT2D eigenvalue weighted by Crippen LogP contribution is 2.58. The van der Waals surface area contributed by atoms with E-state index in [9.17, 15) is 4.79 Å². The van der Waals surface area contributed by atoms with Gasteiger partial charge in [-0.3, -0.25) is 4.79 Å². The van der Waals surface area contributed by atoms with Crippen LogP contribution in [0.25, 0.3) is 0 Å². The SMILES string of the molecule is CC(NC(=O)C1CC12CCNCC2)C1CC2CCC1C2. The zero-order chi connectivity index (χ0) is 13.7. The van der Waals surface area contributed by atoms with Crippen molar-refractivity contribution in [1.82, 2.24) is 10.6 Å². The topological polar surface area (TPSA) is 41.1 Å². The summed E-state index contributed by atoms with van der Waals surface area (Å²) in [6.07, 6.45) is 9.20. The van der Waals surface area contributed by atoms with Crippen molar-refractivity contribution in [3.8, 4) is 0 Å². The smallest absolute Gasteiger partial charge is 0.223 e. The van der Waals surface area contributed by atoms with E-state index in [-0.39, 0.29) is 0 Å². The second-order valence-electron chi connectivity index (χ2n) is 8.01. The van der Waals surface area contributed by atoms with E-state index in [2.05, 4.69) is 17.6 Å². The number of fused-ring (bicyclic) bond motifs is 2. The molecule has 1 heterocycles. The Balaban J connectivity index is 1.32. The molecule has 0 aromatic heterocycles. The molecule has 1 aliphatic heterocycles. The fourth-order valence-electron chi connectivity index (χ4n) is 5.53. The predicted molar refractivity (Wildman–Crippen MR) is 79.2 cm³/mol. The molecule has 1 spiro atoms. The maximum Gasteiger partial charge on any atom is 0.223 e. The summed E-state index contributed by atoms with van der Waals surface area (Å²) in [5, 5.41) is 6.79. The molecule has 5 unspecified atom stereocenters. The van der Waals surface area contributed by atoms with Gasteiger partial charge in [-0.05, 0) is 81.7 Å². The summed E-state index contributed by atoms with van der Waals surface area (Å²) in [5.74, 6) is 3.33. The Kier molecular flexibility index (Phi) is 3.10. The normalized spacial score (nSPS) is 42.6. The maximum absolute atomic E-state index is 12.5. The number of nitrogens with one attached hydrogen (secondary N) is 2. The van der Waals surface area contributed by atoms with Crippen LogP contribution in [0.1, 0.15) is 51.9 Å². The summed E-state index contributed by atoms with van der Waals surface area (Å²) in [7, 11) is 0. The first-order chi connectivity index (χ1) is 9.68. The molecular formula is C17H28N2O. The van der Waals surface area contributed by atoms with Crippen LogP contribution in [-0.2, 0) is 4.79 Å². The highest BCUT2D eigenvalue weighted by Gasteiger charge is 2.58. The lowest BCUT2D eigenvalue weighted by Gasteiger charge is -2.29. The first-order valence-corrected chi connectivity index (χ1v) is 8.69. The Morgan fingerprint density at radius 2 is 2.05 bits per heavy atom. The van der Waals surface area contributed by atoms with Gasteiger partial charge in [0.05, 0.1) is 0 Å². The summed E-state index contributed by atoms with van der Waals surface area (Å²) in [5.41, 5.74) is 0.379. The zero-order valence-electron chi connectivity index (χ0n) is 12.7. The maximum atomic E-state index is 12.5. The lowest BCUT2D eigenvalue weighted by molar-refractivity contribution is -0.124. The standard InChI is InChI=1S/C17H28N2O/c1-11(14-9-12-2-3-13(14)8-12)19-16(20)15-10-17(15)4-6-18-7-5-17/h11-15,18H,2-10H2,1H3,(H,19,20). The van der Waals surface area contributed by atoms with Crippen molar-refractivity contribution in [2.24, 2.45) is 29.1 Å². The van der Waals surface area contributed by atoms with Crippen LogP contribution in [0.15, 0.2) is 0 Å². The van der Waals surface area contributed by atoms with Crippen LogP contribution in [0.3, 0.4) is 0 Å². The van der Waals surface area contributed by atoms with Gasteiger partial charge in [-0.2, -0.15) is 0 Å². The third kappa shape index (κ3) is 2.09. The van der Waals surface area contributed by atoms with Crippen LogP contribution >= 0.6 is 0 Å². The molecule has 3 saturated carbocycles. The van der Waals surface area contributed by atoms with Gasteiger partial charge in [0.15, 0.2) is 0 Å². The summed E-state index contributed by atoms with van der Waals surface area (Å²) < 4.78 is 0. The highest BCUT2D eigenvalue weighted by atomic mass is 16.2. The van der Waals surface area contributed by atoms with Gasteiger partial charge in [-0.25, -0.2) is 0 Å². The molecule has 4 aliphatic rings. The number of amides is 1. The molecule has 0 aromatic rings. The Labute approximate surface area is 122 Å². The van der Waals surface area contributed by atoms with E-state index >= 15 is 0 Å². The lowest BCUT2D eigenvalue weighted by atomic mass is 9.84. The average Bonchev–Trinajstić information content (AvgIpc) is 2.84. The highest BCUT2D eigenvalue weighted by molar-refractivity contribution is 5.82. The number of hydrogen-bond acceptors (Lipinski definition) is 2. The van der Waals surface area contributed by atoms with E-state index in [1.165, 1.54) is 38.5 Å². The van der Waals surface area contributed by atoms with E-state index in [4.69, 9.17) is 0 Å². The number of piperidine rings is 1. The molecule has 4 fully saturated rings. The fraction of sp³-hybridized carbons (Fsp3) is 0.941. The predicted octanol–water partition coefficient (Wildman–Crippen LogP) is 2.32. The summed E-state index contributed by atoms with van der Waals surface area (Å²) >= 11 is 0. The van der Waals surface area contributed by atoms with Crippen molar-refractivity contribution in [2.45, 2.75) is 57.9 Å².